The predicted octanol–water partition coefficient (Wildman–Crippen LogP) is 7.20. The summed E-state index contributed by atoms with van der Waals surface area (Å²) < 4.78 is 6.38. The molecule has 0 spiro atoms. The van der Waals surface area contributed by atoms with E-state index >= 15 is 0 Å². The van der Waals surface area contributed by atoms with Crippen molar-refractivity contribution in [3.8, 4) is 11.3 Å². The van der Waals surface area contributed by atoms with Crippen LogP contribution in [-0.4, -0.2) is 34.7 Å². The van der Waals surface area contributed by atoms with Gasteiger partial charge in [0.05, 0.1) is 34.3 Å². The van der Waals surface area contributed by atoms with Gasteiger partial charge >= 0.3 is 5.97 Å². The van der Waals surface area contributed by atoms with E-state index in [0.717, 1.165) is 4.47 Å². The monoisotopic (exact) mass is 642 g/mol. The number of halogens is 2. The Morgan fingerprint density at radius 3 is 2.21 bits per heavy atom. The highest BCUT2D eigenvalue weighted by Gasteiger charge is 2.47. The number of carbonyl (C=O) groups excluding carboxylic acids is 4. The molecule has 1 saturated heterocycles. The Morgan fingerprint density at radius 2 is 1.57 bits per heavy atom. The summed E-state index contributed by atoms with van der Waals surface area (Å²) in [5, 5.41) is 1.06. The molecule has 2 aliphatic rings. The third-order valence-corrected chi connectivity index (χ3v) is 8.45. The van der Waals surface area contributed by atoms with E-state index in [1.165, 1.54) is 11.8 Å². The van der Waals surface area contributed by atoms with Crippen LogP contribution in [0.15, 0.2) is 89.4 Å². The summed E-state index contributed by atoms with van der Waals surface area (Å²) in [5.41, 5.74) is 2.87. The summed E-state index contributed by atoms with van der Waals surface area (Å²) in [5.74, 6) is -2.00. The second-order valence-electron chi connectivity index (χ2n) is 10.3. The Labute approximate surface area is 255 Å². The highest BCUT2D eigenvalue weighted by molar-refractivity contribution is 9.10. The van der Waals surface area contributed by atoms with E-state index in [1.807, 2.05) is 18.2 Å². The first kappa shape index (κ1) is 28.0. The second kappa shape index (κ2) is 11.3. The quantitative estimate of drug-likeness (QED) is 0.0955. The van der Waals surface area contributed by atoms with Crippen LogP contribution >= 0.6 is 27.5 Å². The van der Waals surface area contributed by atoms with Gasteiger partial charge in [-0.2, -0.15) is 0 Å². The molecule has 2 amide bonds. The summed E-state index contributed by atoms with van der Waals surface area (Å²) >= 11 is 9.39. The predicted molar refractivity (Wildman–Crippen MR) is 163 cm³/mol. The molecule has 1 aliphatic heterocycles. The molecule has 0 saturated carbocycles. The summed E-state index contributed by atoms with van der Waals surface area (Å²) in [6.45, 7) is 1.53. The smallest absolute Gasteiger partial charge is 0.339 e. The first-order valence-corrected chi connectivity index (χ1v) is 14.6. The Morgan fingerprint density at radius 1 is 0.929 bits per heavy atom. The molecule has 0 N–H and O–H groups in total. The van der Waals surface area contributed by atoms with Gasteiger partial charge in [-0.3, -0.25) is 19.3 Å². The van der Waals surface area contributed by atoms with E-state index < -0.39 is 12.1 Å². The van der Waals surface area contributed by atoms with E-state index in [4.69, 9.17) is 21.3 Å². The van der Waals surface area contributed by atoms with Gasteiger partial charge in [0, 0.05) is 26.0 Å². The van der Waals surface area contributed by atoms with Gasteiger partial charge < -0.3 is 4.74 Å². The fourth-order valence-electron chi connectivity index (χ4n) is 5.48. The number of fused-ring (bicyclic) bond motifs is 2. The molecule has 210 valence electrons. The number of nitrogens with zero attached hydrogens (tertiary/aromatic N) is 2. The van der Waals surface area contributed by atoms with E-state index in [1.54, 1.807) is 66.7 Å². The SMILES string of the molecule is CC(OC(=O)c1cc(-c2ccc(N3C(=O)C4CC=CCC4C3=O)cc2)nc2ccc(Br)cc12)C(=O)c1ccc(Cl)cc1. The van der Waals surface area contributed by atoms with Crippen molar-refractivity contribution in [3.05, 3.63) is 106 Å². The summed E-state index contributed by atoms with van der Waals surface area (Å²) in [6.07, 6.45) is 4.03. The molecular formula is C33H24BrClN2O5. The molecule has 6 rings (SSSR count). The van der Waals surface area contributed by atoms with Gasteiger partial charge in [-0.1, -0.05) is 51.8 Å². The van der Waals surface area contributed by atoms with Gasteiger partial charge in [0.1, 0.15) is 0 Å². The number of esters is 1. The first-order chi connectivity index (χ1) is 20.2. The molecule has 9 heteroatoms. The molecule has 1 aromatic heterocycles. The lowest BCUT2D eigenvalue weighted by Crippen LogP contribution is -2.30. The minimum Gasteiger partial charge on any atom is -0.451 e. The van der Waals surface area contributed by atoms with Crippen LogP contribution in [0.2, 0.25) is 5.02 Å². The number of rotatable bonds is 6. The van der Waals surface area contributed by atoms with Crippen LogP contribution in [0, 0.1) is 11.8 Å². The lowest BCUT2D eigenvalue weighted by atomic mass is 9.85. The van der Waals surface area contributed by atoms with Crippen molar-refractivity contribution in [3.63, 3.8) is 0 Å². The highest BCUT2D eigenvalue weighted by atomic mass is 79.9. The number of aromatic nitrogens is 1. The fraction of sp³-hybridized carbons (Fsp3) is 0.182. The van der Waals surface area contributed by atoms with Crippen molar-refractivity contribution in [1.29, 1.82) is 0 Å². The maximum Gasteiger partial charge on any atom is 0.339 e. The van der Waals surface area contributed by atoms with Crippen LogP contribution < -0.4 is 4.90 Å². The number of carbonyl (C=O) groups is 4. The van der Waals surface area contributed by atoms with Gasteiger partial charge in [0.15, 0.2) is 6.10 Å². The first-order valence-electron chi connectivity index (χ1n) is 13.5. The van der Waals surface area contributed by atoms with Gasteiger partial charge in [-0.25, -0.2) is 9.78 Å². The van der Waals surface area contributed by atoms with Crippen LogP contribution in [0.25, 0.3) is 22.2 Å². The topological polar surface area (TPSA) is 93.6 Å². The average molecular weight is 644 g/mol. The normalized spacial score (nSPS) is 18.7. The average Bonchev–Trinajstić information content (AvgIpc) is 3.26. The van der Waals surface area contributed by atoms with Crippen LogP contribution in [0.3, 0.4) is 0 Å². The number of amides is 2. The molecule has 7 nitrogen and oxygen atoms in total. The van der Waals surface area contributed by atoms with Crippen molar-refractivity contribution in [2.45, 2.75) is 25.9 Å². The van der Waals surface area contributed by atoms with Gasteiger partial charge in [0.25, 0.3) is 0 Å². The molecule has 0 bridgehead atoms. The Bertz CT molecular complexity index is 1760. The maximum atomic E-state index is 13.5. The molecule has 3 aromatic carbocycles. The zero-order valence-corrected chi connectivity index (χ0v) is 24.8. The summed E-state index contributed by atoms with van der Waals surface area (Å²) in [7, 11) is 0. The van der Waals surface area contributed by atoms with Gasteiger partial charge in [-0.15, -0.1) is 0 Å². The standard InChI is InChI=1S/C33H24BrClN2O5/c1-18(30(38)20-6-11-22(35)12-7-20)42-33(41)27-17-29(36-28-15-10-21(34)16-26(27)28)19-8-13-23(14-9-19)37-31(39)24-4-2-3-5-25(24)32(37)40/h2-3,6-18,24-25H,4-5H2,1H3. The minimum absolute atomic E-state index is 0.177. The van der Waals surface area contributed by atoms with Gasteiger partial charge in [-0.05, 0) is 80.4 Å². The summed E-state index contributed by atoms with van der Waals surface area (Å²) in [4.78, 5) is 58.4. The number of anilines is 1. The molecule has 1 fully saturated rings. The lowest BCUT2D eigenvalue weighted by Gasteiger charge is -2.16. The Balaban J connectivity index is 1.30. The summed E-state index contributed by atoms with van der Waals surface area (Å²) in [6, 6.07) is 20.4. The zero-order valence-electron chi connectivity index (χ0n) is 22.4. The van der Waals surface area contributed by atoms with Crippen molar-refractivity contribution < 1.29 is 23.9 Å². The third kappa shape index (κ3) is 5.16. The van der Waals surface area contributed by atoms with E-state index in [9.17, 15) is 19.2 Å². The van der Waals surface area contributed by atoms with E-state index in [0.29, 0.717) is 51.3 Å². The number of imide groups is 1. The molecule has 0 radical (unpaired) electrons. The largest absolute Gasteiger partial charge is 0.451 e. The Hall–Kier alpha value is -4.14. The van der Waals surface area contributed by atoms with Crippen LogP contribution in [0.5, 0.6) is 0 Å². The minimum atomic E-state index is -1.04. The molecule has 4 aromatic rings. The molecule has 42 heavy (non-hydrogen) atoms. The van der Waals surface area contributed by atoms with Gasteiger partial charge in [0.2, 0.25) is 17.6 Å². The lowest BCUT2D eigenvalue weighted by molar-refractivity contribution is -0.122. The molecule has 2 heterocycles. The number of allylic oxidation sites excluding steroid dienone is 2. The maximum absolute atomic E-state index is 13.5. The third-order valence-electron chi connectivity index (χ3n) is 7.70. The van der Waals surface area contributed by atoms with Crippen LogP contribution in [0.1, 0.15) is 40.5 Å². The molecule has 3 atom stereocenters. The van der Waals surface area contributed by atoms with Crippen LogP contribution in [0.4, 0.5) is 5.69 Å². The number of benzene rings is 3. The molecule has 1 aliphatic carbocycles. The number of ketones is 1. The number of Topliss-reactive ketones (excluding diaryl/α,β-unsaturated/α-hetero) is 1. The number of ether oxygens (including phenoxy) is 1. The van der Waals surface area contributed by atoms with Crippen molar-refractivity contribution in [1.82, 2.24) is 4.98 Å². The number of hydrogen-bond acceptors (Lipinski definition) is 6. The van der Waals surface area contributed by atoms with E-state index in [2.05, 4.69) is 15.9 Å². The molecule has 3 unspecified atom stereocenters. The van der Waals surface area contributed by atoms with Crippen molar-refractivity contribution >= 4 is 67.7 Å². The number of pyridine rings is 1. The number of hydrogen-bond donors (Lipinski definition) is 0. The van der Waals surface area contributed by atoms with Crippen molar-refractivity contribution in [2.24, 2.45) is 11.8 Å². The Kier molecular flexibility index (Phi) is 7.51. The van der Waals surface area contributed by atoms with Crippen LogP contribution in [-0.2, 0) is 14.3 Å². The highest BCUT2D eigenvalue weighted by Crippen LogP contribution is 2.38. The molecular weight excluding hydrogens is 620 g/mol. The zero-order chi connectivity index (χ0) is 29.5. The van der Waals surface area contributed by atoms with Crippen molar-refractivity contribution in [2.75, 3.05) is 4.90 Å². The van der Waals surface area contributed by atoms with E-state index in [-0.39, 0.29) is 35.0 Å². The fourth-order valence-corrected chi connectivity index (χ4v) is 5.96. The second-order valence-corrected chi connectivity index (χ2v) is 11.7.